The molecule has 0 bridgehead atoms. The van der Waals surface area contributed by atoms with Gasteiger partial charge in [-0.05, 0) is 25.0 Å². The molecule has 0 atom stereocenters. The lowest BCUT2D eigenvalue weighted by molar-refractivity contribution is -0.150. The number of benzene rings is 1. The van der Waals surface area contributed by atoms with E-state index in [1.807, 2.05) is 0 Å². The van der Waals surface area contributed by atoms with Gasteiger partial charge >= 0.3 is 5.97 Å². The predicted molar refractivity (Wildman–Crippen MR) is 73.4 cm³/mol. The van der Waals surface area contributed by atoms with E-state index in [9.17, 15) is 9.59 Å². The number of nitrogens with one attached hydrogen (secondary N) is 2. The highest BCUT2D eigenvalue weighted by Gasteiger charge is 2.58. The number of rotatable bonds is 3. The van der Waals surface area contributed by atoms with Gasteiger partial charge in [0.2, 0.25) is 5.91 Å². The van der Waals surface area contributed by atoms with Gasteiger partial charge in [0.05, 0.1) is 17.6 Å². The maximum Gasteiger partial charge on any atom is 0.321 e. The van der Waals surface area contributed by atoms with Crippen LogP contribution in [0.4, 0.5) is 5.82 Å². The minimum Gasteiger partial charge on any atom is -0.468 e. The second-order valence-corrected chi connectivity index (χ2v) is 5.17. The number of fused-ring (bicyclic) bond motifs is 1. The summed E-state index contributed by atoms with van der Waals surface area (Å²) in [6.45, 7) is 0. The van der Waals surface area contributed by atoms with Crippen LogP contribution in [0.25, 0.3) is 10.9 Å². The molecule has 6 nitrogen and oxygen atoms in total. The summed E-state index contributed by atoms with van der Waals surface area (Å²) >= 11 is 6.02. The van der Waals surface area contributed by atoms with Crippen LogP contribution in [0.5, 0.6) is 0 Å². The van der Waals surface area contributed by atoms with Gasteiger partial charge in [-0.3, -0.25) is 14.7 Å². The summed E-state index contributed by atoms with van der Waals surface area (Å²) in [6, 6.07) is 5.28. The Hall–Kier alpha value is -2.08. The van der Waals surface area contributed by atoms with E-state index in [4.69, 9.17) is 11.6 Å². The Labute approximate surface area is 119 Å². The lowest BCUT2D eigenvalue weighted by atomic mass is 10.1. The second-order valence-electron chi connectivity index (χ2n) is 4.76. The number of amides is 1. The summed E-state index contributed by atoms with van der Waals surface area (Å²) in [5, 5.41) is 10.7. The molecule has 2 N–H and O–H groups in total. The molecule has 1 fully saturated rings. The molecule has 7 heteroatoms. The monoisotopic (exact) mass is 293 g/mol. The number of carbonyl (C=O) groups excluding carboxylic acids is 2. The molecular weight excluding hydrogens is 282 g/mol. The third-order valence-corrected chi connectivity index (χ3v) is 3.86. The summed E-state index contributed by atoms with van der Waals surface area (Å²) in [5.41, 5.74) is -0.411. The number of hydrogen-bond donors (Lipinski definition) is 2. The van der Waals surface area contributed by atoms with Crippen molar-refractivity contribution in [3.8, 4) is 0 Å². The van der Waals surface area contributed by atoms with E-state index >= 15 is 0 Å². The molecule has 2 aromatic rings. The fraction of sp³-hybridized carbons (Fsp3) is 0.308. The van der Waals surface area contributed by atoms with Gasteiger partial charge in [0.25, 0.3) is 0 Å². The first kappa shape index (κ1) is 12.9. The number of hydrogen-bond acceptors (Lipinski definition) is 4. The normalized spacial score (nSPS) is 15.9. The van der Waals surface area contributed by atoms with Crippen LogP contribution < -0.4 is 5.32 Å². The zero-order valence-corrected chi connectivity index (χ0v) is 11.5. The highest BCUT2D eigenvalue weighted by molar-refractivity contribution is 6.35. The van der Waals surface area contributed by atoms with Crippen molar-refractivity contribution < 1.29 is 14.3 Å². The lowest BCUT2D eigenvalue weighted by Gasteiger charge is -2.11. The molecule has 1 saturated carbocycles. The third-order valence-electron chi connectivity index (χ3n) is 3.54. The fourth-order valence-corrected chi connectivity index (χ4v) is 2.39. The summed E-state index contributed by atoms with van der Waals surface area (Å²) in [7, 11) is 1.28. The van der Waals surface area contributed by atoms with Gasteiger partial charge in [-0.25, -0.2) is 0 Å². The van der Waals surface area contributed by atoms with Crippen molar-refractivity contribution in [2.45, 2.75) is 12.8 Å². The van der Waals surface area contributed by atoms with E-state index in [0.29, 0.717) is 34.6 Å². The largest absolute Gasteiger partial charge is 0.468 e. The smallest absolute Gasteiger partial charge is 0.321 e. The number of aromatic amines is 1. The standard InChI is InChI=1S/C13H12ClN3O3/c1-20-12(19)13(5-6-13)11(18)15-10-7-3-2-4-8(14)9(7)16-17-10/h2-4H,5-6H2,1H3,(H2,15,16,17,18). The summed E-state index contributed by atoms with van der Waals surface area (Å²) in [5.74, 6) is -0.534. The molecule has 0 radical (unpaired) electrons. The zero-order valence-electron chi connectivity index (χ0n) is 10.7. The van der Waals surface area contributed by atoms with Crippen LogP contribution in [0, 0.1) is 5.41 Å². The number of carbonyl (C=O) groups is 2. The van der Waals surface area contributed by atoms with E-state index in [1.165, 1.54) is 7.11 Å². The molecular formula is C13H12ClN3O3. The molecule has 1 amide bonds. The lowest BCUT2D eigenvalue weighted by Crippen LogP contribution is -2.32. The van der Waals surface area contributed by atoms with Gasteiger partial charge in [-0.2, -0.15) is 5.10 Å². The molecule has 1 heterocycles. The Morgan fingerprint density at radius 1 is 1.45 bits per heavy atom. The minimum atomic E-state index is -1.06. The highest BCUT2D eigenvalue weighted by atomic mass is 35.5. The Kier molecular flexibility index (Phi) is 2.90. The number of para-hydroxylation sites is 1. The average Bonchev–Trinajstić information content (AvgIpc) is 3.17. The number of halogens is 1. The Morgan fingerprint density at radius 3 is 2.85 bits per heavy atom. The topological polar surface area (TPSA) is 84.1 Å². The number of methoxy groups -OCH3 is 1. The summed E-state index contributed by atoms with van der Waals surface area (Å²) in [4.78, 5) is 23.9. The maximum absolute atomic E-state index is 12.2. The Balaban J connectivity index is 1.89. The van der Waals surface area contributed by atoms with E-state index in [2.05, 4.69) is 20.3 Å². The Bertz CT molecular complexity index is 706. The number of aromatic nitrogens is 2. The molecule has 0 spiro atoms. The van der Waals surface area contributed by atoms with Gasteiger partial charge in [0, 0.05) is 5.39 Å². The molecule has 104 valence electrons. The van der Waals surface area contributed by atoms with Crippen LogP contribution in [-0.4, -0.2) is 29.2 Å². The first-order valence-electron chi connectivity index (χ1n) is 6.11. The fourth-order valence-electron chi connectivity index (χ4n) is 2.17. The van der Waals surface area contributed by atoms with E-state index in [1.54, 1.807) is 18.2 Å². The average molecular weight is 294 g/mol. The van der Waals surface area contributed by atoms with Crippen LogP contribution in [0.2, 0.25) is 5.02 Å². The molecule has 1 aromatic carbocycles. The van der Waals surface area contributed by atoms with Gasteiger partial charge in [0.1, 0.15) is 5.41 Å². The van der Waals surface area contributed by atoms with E-state index < -0.39 is 17.3 Å². The van der Waals surface area contributed by atoms with Gasteiger partial charge in [-0.15, -0.1) is 0 Å². The number of anilines is 1. The molecule has 0 saturated heterocycles. The maximum atomic E-state index is 12.2. The van der Waals surface area contributed by atoms with E-state index in [-0.39, 0.29) is 0 Å². The van der Waals surface area contributed by atoms with Gasteiger partial charge in [0.15, 0.2) is 5.82 Å². The first-order valence-corrected chi connectivity index (χ1v) is 6.49. The quantitative estimate of drug-likeness (QED) is 0.670. The molecule has 0 unspecified atom stereocenters. The summed E-state index contributed by atoms with van der Waals surface area (Å²) in [6.07, 6.45) is 0.989. The molecule has 1 aliphatic carbocycles. The zero-order chi connectivity index (χ0) is 14.3. The van der Waals surface area contributed by atoms with Crippen molar-refractivity contribution in [2.24, 2.45) is 5.41 Å². The molecule has 3 rings (SSSR count). The number of esters is 1. The van der Waals surface area contributed by atoms with Crippen LogP contribution >= 0.6 is 11.6 Å². The van der Waals surface area contributed by atoms with E-state index in [0.717, 1.165) is 0 Å². The van der Waals surface area contributed by atoms with Crippen molar-refractivity contribution in [1.29, 1.82) is 0 Å². The molecule has 1 aliphatic rings. The van der Waals surface area contributed by atoms with Crippen molar-refractivity contribution in [1.82, 2.24) is 10.2 Å². The van der Waals surface area contributed by atoms with Crippen molar-refractivity contribution in [3.63, 3.8) is 0 Å². The van der Waals surface area contributed by atoms with Crippen LogP contribution in [0.3, 0.4) is 0 Å². The number of nitrogens with zero attached hydrogens (tertiary/aromatic N) is 1. The van der Waals surface area contributed by atoms with Crippen molar-refractivity contribution >= 4 is 40.2 Å². The number of ether oxygens (including phenoxy) is 1. The minimum absolute atomic E-state index is 0.364. The van der Waals surface area contributed by atoms with Crippen LogP contribution in [0.15, 0.2) is 18.2 Å². The van der Waals surface area contributed by atoms with Crippen LogP contribution in [-0.2, 0) is 14.3 Å². The molecule has 0 aliphatic heterocycles. The predicted octanol–water partition coefficient (Wildman–Crippen LogP) is 2.11. The second kappa shape index (κ2) is 4.49. The van der Waals surface area contributed by atoms with Gasteiger partial charge in [-0.1, -0.05) is 17.7 Å². The van der Waals surface area contributed by atoms with Gasteiger partial charge < -0.3 is 10.1 Å². The molecule has 1 aromatic heterocycles. The number of H-pyrrole nitrogens is 1. The third kappa shape index (κ3) is 1.84. The first-order chi connectivity index (χ1) is 9.58. The van der Waals surface area contributed by atoms with Crippen molar-refractivity contribution in [3.05, 3.63) is 23.2 Å². The molecule has 20 heavy (non-hydrogen) atoms. The van der Waals surface area contributed by atoms with Crippen molar-refractivity contribution in [2.75, 3.05) is 12.4 Å². The summed E-state index contributed by atoms with van der Waals surface area (Å²) < 4.78 is 4.68. The van der Waals surface area contributed by atoms with Crippen LogP contribution in [0.1, 0.15) is 12.8 Å². The highest BCUT2D eigenvalue weighted by Crippen LogP contribution is 2.47. The SMILES string of the molecule is COC(=O)C1(C(=O)Nc2n[nH]c3c(Cl)cccc23)CC1. The Morgan fingerprint density at radius 2 is 2.20 bits per heavy atom.